The predicted molar refractivity (Wildman–Crippen MR) is 82.5 cm³/mol. The van der Waals surface area contributed by atoms with Gasteiger partial charge in [-0.25, -0.2) is 13.1 Å². The van der Waals surface area contributed by atoms with Crippen LogP contribution in [0.2, 0.25) is 10.0 Å². The Bertz CT molecular complexity index is 529. The number of sulfonamides is 1. The highest BCUT2D eigenvalue weighted by Crippen LogP contribution is 2.32. The minimum atomic E-state index is -3.73. The van der Waals surface area contributed by atoms with E-state index < -0.39 is 10.0 Å². The summed E-state index contributed by atoms with van der Waals surface area (Å²) < 4.78 is 27.5. The standard InChI is InChI=1S/C11H15BrCl2N2O2S/c1-3-15-7(2)6-16-19(17,18)11-9(13)4-8(12)5-10(11)14/h4-5,7,15-16H,3,6H2,1-2H3/t7-/m1/s1. The van der Waals surface area contributed by atoms with Crippen LogP contribution in [0.1, 0.15) is 13.8 Å². The van der Waals surface area contributed by atoms with Crippen LogP contribution in [0, 0.1) is 0 Å². The zero-order chi connectivity index (χ0) is 14.6. The first kappa shape index (κ1) is 17.2. The van der Waals surface area contributed by atoms with Gasteiger partial charge in [0.2, 0.25) is 10.0 Å². The van der Waals surface area contributed by atoms with E-state index >= 15 is 0 Å². The lowest BCUT2D eigenvalue weighted by atomic mass is 10.3. The van der Waals surface area contributed by atoms with E-state index in [4.69, 9.17) is 23.2 Å². The van der Waals surface area contributed by atoms with Gasteiger partial charge in [-0.05, 0) is 25.6 Å². The van der Waals surface area contributed by atoms with Gasteiger partial charge in [0, 0.05) is 17.1 Å². The maximum Gasteiger partial charge on any atom is 0.243 e. The fourth-order valence-corrected chi connectivity index (χ4v) is 4.58. The number of hydrogen-bond donors (Lipinski definition) is 2. The molecular weight excluding hydrogens is 375 g/mol. The van der Waals surface area contributed by atoms with E-state index in [1.54, 1.807) is 0 Å². The van der Waals surface area contributed by atoms with Gasteiger partial charge in [-0.15, -0.1) is 0 Å². The first-order valence-corrected chi connectivity index (χ1v) is 8.68. The molecule has 1 aromatic carbocycles. The Morgan fingerprint density at radius 1 is 1.32 bits per heavy atom. The van der Waals surface area contributed by atoms with Crippen LogP contribution in [0.3, 0.4) is 0 Å². The molecule has 0 unspecified atom stereocenters. The second-order valence-electron chi connectivity index (χ2n) is 4.01. The Kier molecular flexibility index (Phi) is 6.56. The van der Waals surface area contributed by atoms with Crippen molar-refractivity contribution in [2.45, 2.75) is 24.8 Å². The van der Waals surface area contributed by atoms with Gasteiger partial charge in [0.25, 0.3) is 0 Å². The van der Waals surface area contributed by atoms with E-state index in [-0.39, 0.29) is 27.5 Å². The molecule has 0 heterocycles. The first-order chi connectivity index (χ1) is 8.77. The molecule has 0 aliphatic carbocycles. The third-order valence-electron chi connectivity index (χ3n) is 2.36. The molecule has 0 aliphatic heterocycles. The molecule has 1 rings (SSSR count). The van der Waals surface area contributed by atoms with Crippen LogP contribution >= 0.6 is 39.1 Å². The molecule has 1 atom stereocenters. The molecule has 0 amide bonds. The zero-order valence-corrected chi connectivity index (χ0v) is 14.4. The van der Waals surface area contributed by atoms with E-state index in [1.165, 1.54) is 12.1 Å². The number of nitrogens with one attached hydrogen (secondary N) is 2. The smallest absolute Gasteiger partial charge is 0.243 e. The van der Waals surface area contributed by atoms with E-state index in [0.29, 0.717) is 4.47 Å². The summed E-state index contributed by atoms with van der Waals surface area (Å²) in [4.78, 5) is -0.0947. The molecule has 4 nitrogen and oxygen atoms in total. The minimum absolute atomic E-state index is 0.0211. The Balaban J connectivity index is 2.95. The van der Waals surface area contributed by atoms with Gasteiger partial charge in [0.15, 0.2) is 0 Å². The zero-order valence-electron chi connectivity index (χ0n) is 10.5. The molecule has 0 aliphatic rings. The summed E-state index contributed by atoms with van der Waals surface area (Å²) in [5, 5.41) is 3.28. The van der Waals surface area contributed by atoms with Crippen LogP contribution in [0.15, 0.2) is 21.5 Å². The van der Waals surface area contributed by atoms with Gasteiger partial charge >= 0.3 is 0 Å². The number of rotatable bonds is 6. The molecule has 0 radical (unpaired) electrons. The third kappa shape index (κ3) is 4.88. The van der Waals surface area contributed by atoms with Crippen LogP contribution in [0.5, 0.6) is 0 Å². The molecule has 0 aromatic heterocycles. The lowest BCUT2D eigenvalue weighted by molar-refractivity contribution is 0.536. The molecule has 108 valence electrons. The highest BCUT2D eigenvalue weighted by atomic mass is 79.9. The quantitative estimate of drug-likeness (QED) is 0.786. The first-order valence-electron chi connectivity index (χ1n) is 5.65. The fraction of sp³-hybridized carbons (Fsp3) is 0.455. The molecule has 0 bridgehead atoms. The average molecular weight is 390 g/mol. The normalized spacial score (nSPS) is 13.5. The van der Waals surface area contributed by atoms with Crippen LogP contribution < -0.4 is 10.0 Å². The Morgan fingerprint density at radius 2 is 1.84 bits per heavy atom. The topological polar surface area (TPSA) is 58.2 Å². The van der Waals surface area contributed by atoms with Crippen molar-refractivity contribution in [2.24, 2.45) is 0 Å². The summed E-state index contributed by atoms with van der Waals surface area (Å²) in [5.41, 5.74) is 0. The summed E-state index contributed by atoms with van der Waals surface area (Å²) in [6.07, 6.45) is 0. The molecule has 2 N–H and O–H groups in total. The van der Waals surface area contributed by atoms with Crippen molar-refractivity contribution in [3.63, 3.8) is 0 Å². The number of hydrogen-bond acceptors (Lipinski definition) is 3. The number of halogens is 3. The lowest BCUT2D eigenvalue weighted by Crippen LogP contribution is -2.38. The van der Waals surface area contributed by atoms with Crippen LogP contribution in [0.4, 0.5) is 0 Å². The molecule has 0 saturated carbocycles. The maximum atomic E-state index is 12.2. The van der Waals surface area contributed by atoms with Crippen molar-refractivity contribution >= 4 is 49.2 Å². The van der Waals surface area contributed by atoms with Gasteiger partial charge in [-0.1, -0.05) is 46.1 Å². The van der Waals surface area contributed by atoms with Crippen molar-refractivity contribution in [3.8, 4) is 0 Å². The number of benzene rings is 1. The van der Waals surface area contributed by atoms with Gasteiger partial charge in [0.05, 0.1) is 10.0 Å². The van der Waals surface area contributed by atoms with Crippen LogP contribution in [-0.4, -0.2) is 27.5 Å². The minimum Gasteiger partial charge on any atom is -0.313 e. The molecular formula is C11H15BrCl2N2O2S. The van der Waals surface area contributed by atoms with Crippen molar-refractivity contribution in [3.05, 3.63) is 26.7 Å². The maximum absolute atomic E-state index is 12.2. The SMILES string of the molecule is CCN[C@H](C)CNS(=O)(=O)c1c(Cl)cc(Br)cc1Cl. The second kappa shape index (κ2) is 7.24. The largest absolute Gasteiger partial charge is 0.313 e. The second-order valence-corrected chi connectivity index (χ2v) is 7.44. The molecule has 8 heteroatoms. The van der Waals surface area contributed by atoms with Crippen molar-refractivity contribution in [1.82, 2.24) is 10.0 Å². The highest BCUT2D eigenvalue weighted by Gasteiger charge is 2.22. The summed E-state index contributed by atoms with van der Waals surface area (Å²) >= 11 is 15.1. The van der Waals surface area contributed by atoms with Crippen LogP contribution in [0.25, 0.3) is 0 Å². The fourth-order valence-electron chi connectivity index (χ4n) is 1.51. The number of likely N-dealkylation sites (N-methyl/N-ethyl adjacent to an activating group) is 1. The summed E-state index contributed by atoms with van der Waals surface area (Å²) in [6, 6.07) is 3.01. The van der Waals surface area contributed by atoms with Crippen molar-refractivity contribution in [1.29, 1.82) is 0 Å². The van der Waals surface area contributed by atoms with Crippen molar-refractivity contribution < 1.29 is 8.42 Å². The Labute approximate surface area is 132 Å². The highest BCUT2D eigenvalue weighted by molar-refractivity contribution is 9.10. The van der Waals surface area contributed by atoms with E-state index in [0.717, 1.165) is 6.54 Å². The van der Waals surface area contributed by atoms with E-state index in [9.17, 15) is 8.42 Å². The molecule has 0 spiro atoms. The lowest BCUT2D eigenvalue weighted by Gasteiger charge is -2.15. The predicted octanol–water partition coefficient (Wildman–Crippen LogP) is 3.03. The van der Waals surface area contributed by atoms with Gasteiger partial charge in [-0.2, -0.15) is 0 Å². The average Bonchev–Trinajstić information content (AvgIpc) is 2.25. The Hall–Kier alpha value is 0.150. The summed E-state index contributed by atoms with van der Waals surface area (Å²) in [7, 11) is -3.73. The van der Waals surface area contributed by atoms with Gasteiger partial charge in [-0.3, -0.25) is 0 Å². The third-order valence-corrected chi connectivity index (χ3v) is 5.17. The van der Waals surface area contributed by atoms with Gasteiger partial charge < -0.3 is 5.32 Å². The summed E-state index contributed by atoms with van der Waals surface area (Å²) in [5.74, 6) is 0. The molecule has 19 heavy (non-hydrogen) atoms. The molecule has 0 fully saturated rings. The van der Waals surface area contributed by atoms with Crippen molar-refractivity contribution in [2.75, 3.05) is 13.1 Å². The van der Waals surface area contributed by atoms with E-state index in [2.05, 4.69) is 26.0 Å². The molecule has 1 aromatic rings. The molecule has 0 saturated heterocycles. The van der Waals surface area contributed by atoms with Crippen LogP contribution in [-0.2, 0) is 10.0 Å². The monoisotopic (exact) mass is 388 g/mol. The van der Waals surface area contributed by atoms with E-state index in [1.807, 2.05) is 13.8 Å². The summed E-state index contributed by atoms with van der Waals surface area (Å²) in [6.45, 7) is 4.87. The Morgan fingerprint density at radius 3 is 2.32 bits per heavy atom. The van der Waals surface area contributed by atoms with Gasteiger partial charge in [0.1, 0.15) is 4.90 Å².